The quantitative estimate of drug-likeness (QED) is 0.644. The molecule has 0 aliphatic carbocycles. The van der Waals surface area contributed by atoms with E-state index in [0.29, 0.717) is 29.4 Å². The Morgan fingerprint density at radius 1 is 1.13 bits per heavy atom. The molecule has 3 rings (SSSR count). The summed E-state index contributed by atoms with van der Waals surface area (Å²) >= 11 is 5.86. The summed E-state index contributed by atoms with van der Waals surface area (Å²) in [5, 5.41) is 3.50. The van der Waals surface area contributed by atoms with E-state index in [4.69, 9.17) is 11.6 Å². The average Bonchev–Trinajstić information content (AvgIpc) is 2.73. The van der Waals surface area contributed by atoms with Crippen molar-refractivity contribution in [2.45, 2.75) is 31.1 Å². The van der Waals surface area contributed by atoms with E-state index in [9.17, 15) is 13.2 Å². The fourth-order valence-corrected chi connectivity index (χ4v) is 4.81. The Morgan fingerprint density at radius 2 is 1.83 bits per heavy atom. The molecule has 1 saturated heterocycles. The Labute approximate surface area is 183 Å². The minimum absolute atomic E-state index is 0.0421. The number of hydrogen-bond acceptors (Lipinski definition) is 4. The van der Waals surface area contributed by atoms with Gasteiger partial charge in [0.15, 0.2) is 0 Å². The van der Waals surface area contributed by atoms with Crippen molar-refractivity contribution < 1.29 is 13.2 Å². The third-order valence-corrected chi connectivity index (χ3v) is 6.97. The summed E-state index contributed by atoms with van der Waals surface area (Å²) in [4.78, 5) is 14.7. The summed E-state index contributed by atoms with van der Waals surface area (Å²) in [5.41, 5.74) is 1.75. The zero-order valence-corrected chi connectivity index (χ0v) is 18.7. The Bertz CT molecular complexity index is 947. The molecular formula is C22H28ClN3O3S. The molecule has 1 aliphatic heterocycles. The van der Waals surface area contributed by atoms with Crippen LogP contribution in [0.1, 0.15) is 24.8 Å². The van der Waals surface area contributed by atoms with Gasteiger partial charge in [0.2, 0.25) is 15.9 Å². The van der Waals surface area contributed by atoms with Crippen LogP contribution >= 0.6 is 11.6 Å². The van der Waals surface area contributed by atoms with Gasteiger partial charge in [-0.05, 0) is 68.6 Å². The van der Waals surface area contributed by atoms with E-state index in [1.807, 2.05) is 6.92 Å². The molecule has 30 heavy (non-hydrogen) atoms. The number of amides is 1. The second-order valence-electron chi connectivity index (χ2n) is 7.78. The van der Waals surface area contributed by atoms with Crippen molar-refractivity contribution in [3.05, 3.63) is 59.1 Å². The molecule has 1 fully saturated rings. The van der Waals surface area contributed by atoms with E-state index in [2.05, 4.69) is 14.9 Å². The number of carbonyl (C=O) groups excluding carboxylic acids is 1. The van der Waals surface area contributed by atoms with Crippen LogP contribution < -0.4 is 10.0 Å². The van der Waals surface area contributed by atoms with Crippen molar-refractivity contribution in [1.82, 2.24) is 9.62 Å². The topological polar surface area (TPSA) is 78.5 Å². The van der Waals surface area contributed by atoms with Crippen molar-refractivity contribution >= 4 is 33.2 Å². The van der Waals surface area contributed by atoms with E-state index >= 15 is 0 Å². The molecule has 1 aliphatic rings. The maximum Gasteiger partial charge on any atom is 0.240 e. The first-order valence-electron chi connectivity index (χ1n) is 10.2. The molecule has 1 amide bonds. The summed E-state index contributed by atoms with van der Waals surface area (Å²) in [6, 6.07) is 13.9. The number of rotatable bonds is 8. The fraction of sp³-hybridized carbons (Fsp3) is 0.409. The van der Waals surface area contributed by atoms with Gasteiger partial charge in [-0.1, -0.05) is 29.3 Å². The summed E-state index contributed by atoms with van der Waals surface area (Å²) < 4.78 is 27.7. The van der Waals surface area contributed by atoms with Gasteiger partial charge in [0.25, 0.3) is 0 Å². The monoisotopic (exact) mass is 449 g/mol. The van der Waals surface area contributed by atoms with Crippen LogP contribution in [0.25, 0.3) is 0 Å². The van der Waals surface area contributed by atoms with Crippen LogP contribution in [-0.2, 0) is 14.8 Å². The number of piperidine rings is 1. The Hall–Kier alpha value is -1.93. The second kappa shape index (κ2) is 10.4. The molecule has 162 valence electrons. The van der Waals surface area contributed by atoms with Crippen LogP contribution in [0.3, 0.4) is 0 Å². The van der Waals surface area contributed by atoms with Crippen LogP contribution in [0, 0.1) is 12.8 Å². The smallest absolute Gasteiger partial charge is 0.240 e. The van der Waals surface area contributed by atoms with E-state index in [0.717, 1.165) is 37.2 Å². The van der Waals surface area contributed by atoms with Gasteiger partial charge in [-0.15, -0.1) is 0 Å². The normalized spacial score (nSPS) is 17.6. The largest absolute Gasteiger partial charge is 0.326 e. The lowest BCUT2D eigenvalue weighted by Crippen LogP contribution is -2.41. The molecule has 1 atom stereocenters. The van der Waals surface area contributed by atoms with Gasteiger partial charge in [-0.3, -0.25) is 4.79 Å². The van der Waals surface area contributed by atoms with Crippen molar-refractivity contribution in [3.8, 4) is 0 Å². The Morgan fingerprint density at radius 3 is 2.53 bits per heavy atom. The molecular weight excluding hydrogens is 422 g/mol. The zero-order valence-electron chi connectivity index (χ0n) is 17.1. The van der Waals surface area contributed by atoms with Crippen LogP contribution in [0.2, 0.25) is 5.02 Å². The lowest BCUT2D eigenvalue weighted by atomic mass is 9.98. The summed E-state index contributed by atoms with van der Waals surface area (Å²) in [5.74, 6) is 0.192. The molecule has 2 aromatic rings. The highest BCUT2D eigenvalue weighted by Crippen LogP contribution is 2.18. The summed E-state index contributed by atoms with van der Waals surface area (Å²) in [6.45, 7) is 4.70. The first kappa shape index (κ1) is 22.7. The van der Waals surface area contributed by atoms with E-state index in [1.54, 1.807) is 48.5 Å². The SMILES string of the molecule is Cc1ccc(S(=O)(=O)NCC2CCCN(CCC(=O)Nc3ccc(Cl)cc3)C2)cc1. The molecule has 1 unspecified atom stereocenters. The number of nitrogens with zero attached hydrogens (tertiary/aromatic N) is 1. The van der Waals surface area contributed by atoms with Crippen LogP contribution in [-0.4, -0.2) is 45.4 Å². The molecule has 0 bridgehead atoms. The van der Waals surface area contributed by atoms with Gasteiger partial charge in [0.1, 0.15) is 0 Å². The van der Waals surface area contributed by atoms with Crippen LogP contribution in [0.15, 0.2) is 53.4 Å². The minimum Gasteiger partial charge on any atom is -0.326 e. The van der Waals surface area contributed by atoms with E-state index < -0.39 is 10.0 Å². The van der Waals surface area contributed by atoms with Crippen LogP contribution in [0.4, 0.5) is 5.69 Å². The number of sulfonamides is 1. The predicted molar refractivity (Wildman–Crippen MR) is 120 cm³/mol. The highest BCUT2D eigenvalue weighted by Gasteiger charge is 2.23. The third kappa shape index (κ3) is 6.80. The number of nitrogens with one attached hydrogen (secondary N) is 2. The lowest BCUT2D eigenvalue weighted by Gasteiger charge is -2.32. The fourth-order valence-electron chi connectivity index (χ4n) is 3.57. The third-order valence-electron chi connectivity index (χ3n) is 5.28. The molecule has 0 spiro atoms. The molecule has 0 radical (unpaired) electrons. The Kier molecular flexibility index (Phi) is 7.88. The molecule has 2 N–H and O–H groups in total. The van der Waals surface area contributed by atoms with Crippen molar-refractivity contribution in [3.63, 3.8) is 0 Å². The van der Waals surface area contributed by atoms with Gasteiger partial charge >= 0.3 is 0 Å². The number of anilines is 1. The minimum atomic E-state index is -3.50. The zero-order chi connectivity index (χ0) is 21.6. The number of hydrogen-bond donors (Lipinski definition) is 2. The van der Waals surface area contributed by atoms with Gasteiger partial charge in [-0.25, -0.2) is 13.1 Å². The standard InChI is InChI=1S/C22H28ClN3O3S/c1-17-4-10-21(11-5-17)30(28,29)24-15-18-3-2-13-26(16-18)14-12-22(27)25-20-8-6-19(23)7-9-20/h4-11,18,24H,2-3,12-16H2,1H3,(H,25,27). The molecule has 8 heteroatoms. The summed E-state index contributed by atoms with van der Waals surface area (Å²) in [7, 11) is -3.50. The van der Waals surface area contributed by atoms with Crippen molar-refractivity contribution in [2.24, 2.45) is 5.92 Å². The molecule has 2 aromatic carbocycles. The number of carbonyl (C=O) groups is 1. The van der Waals surface area contributed by atoms with Gasteiger partial charge < -0.3 is 10.2 Å². The van der Waals surface area contributed by atoms with Crippen LogP contribution in [0.5, 0.6) is 0 Å². The van der Waals surface area contributed by atoms with Gasteiger partial charge in [0, 0.05) is 36.8 Å². The molecule has 1 heterocycles. The molecule has 6 nitrogen and oxygen atoms in total. The van der Waals surface area contributed by atoms with E-state index in [1.165, 1.54) is 0 Å². The van der Waals surface area contributed by atoms with Gasteiger partial charge in [0.05, 0.1) is 4.90 Å². The van der Waals surface area contributed by atoms with Crippen molar-refractivity contribution in [2.75, 3.05) is 31.5 Å². The summed E-state index contributed by atoms with van der Waals surface area (Å²) in [6.07, 6.45) is 2.37. The number of benzene rings is 2. The Balaban J connectivity index is 1.44. The lowest BCUT2D eigenvalue weighted by molar-refractivity contribution is -0.116. The average molecular weight is 450 g/mol. The van der Waals surface area contributed by atoms with Crippen molar-refractivity contribution in [1.29, 1.82) is 0 Å². The van der Waals surface area contributed by atoms with E-state index in [-0.39, 0.29) is 11.8 Å². The molecule has 0 saturated carbocycles. The first-order valence-corrected chi connectivity index (χ1v) is 12.0. The maximum absolute atomic E-state index is 12.5. The molecule has 0 aromatic heterocycles. The number of aryl methyl sites for hydroxylation is 1. The number of halogens is 1. The highest BCUT2D eigenvalue weighted by atomic mass is 35.5. The maximum atomic E-state index is 12.5. The number of likely N-dealkylation sites (tertiary alicyclic amines) is 1. The second-order valence-corrected chi connectivity index (χ2v) is 9.98. The van der Waals surface area contributed by atoms with Gasteiger partial charge in [-0.2, -0.15) is 0 Å². The first-order chi connectivity index (χ1) is 14.3. The predicted octanol–water partition coefficient (Wildman–Crippen LogP) is 3.67. The highest BCUT2D eigenvalue weighted by molar-refractivity contribution is 7.89.